The Kier molecular flexibility index (Phi) is 4.64. The molecule has 3 aliphatic heterocycles. The molecule has 3 aliphatic rings. The fourth-order valence-electron chi connectivity index (χ4n) is 5.06. The van der Waals surface area contributed by atoms with Crippen LogP contribution in [0.25, 0.3) is 0 Å². The topological polar surface area (TPSA) is 101 Å². The molecule has 1 spiro atoms. The van der Waals surface area contributed by atoms with Gasteiger partial charge in [0, 0.05) is 44.1 Å². The fourth-order valence-corrected chi connectivity index (χ4v) is 5.06. The van der Waals surface area contributed by atoms with Gasteiger partial charge in [0.2, 0.25) is 0 Å². The number of likely N-dealkylation sites (tertiary alicyclic amines) is 1. The average Bonchev–Trinajstić information content (AvgIpc) is 3.49. The minimum atomic E-state index is -0.260. The van der Waals surface area contributed by atoms with Crippen LogP contribution >= 0.6 is 0 Å². The van der Waals surface area contributed by atoms with E-state index in [-0.39, 0.29) is 41.3 Å². The van der Waals surface area contributed by atoms with E-state index in [0.717, 1.165) is 24.4 Å². The second-order valence-electron chi connectivity index (χ2n) is 9.08. The van der Waals surface area contributed by atoms with E-state index >= 15 is 0 Å². The summed E-state index contributed by atoms with van der Waals surface area (Å²) in [6, 6.07) is 3.34. The Labute approximate surface area is 180 Å². The van der Waals surface area contributed by atoms with Gasteiger partial charge < -0.3 is 19.5 Å². The molecule has 0 radical (unpaired) electrons. The van der Waals surface area contributed by atoms with E-state index in [4.69, 9.17) is 9.40 Å². The van der Waals surface area contributed by atoms with Crippen LogP contribution in [-0.2, 0) is 24.9 Å². The lowest BCUT2D eigenvalue weighted by atomic mass is 9.85. The Hall–Kier alpha value is -3.10. The summed E-state index contributed by atoms with van der Waals surface area (Å²) < 4.78 is 7.00. The van der Waals surface area contributed by atoms with Crippen LogP contribution in [0.1, 0.15) is 54.3 Å². The molecule has 2 aromatic heterocycles. The number of rotatable bonds is 2. The molecule has 164 valence electrons. The molecule has 0 saturated carbocycles. The highest BCUT2D eigenvalue weighted by atomic mass is 16.3. The van der Waals surface area contributed by atoms with Crippen molar-refractivity contribution >= 4 is 11.9 Å². The molecule has 5 heterocycles. The van der Waals surface area contributed by atoms with Crippen molar-refractivity contribution in [1.29, 1.82) is 0 Å². The zero-order valence-electron chi connectivity index (χ0n) is 17.9. The number of hydrogen-bond donors (Lipinski definition) is 1. The molecule has 1 atom stereocenters. The second kappa shape index (κ2) is 7.25. The van der Waals surface area contributed by atoms with Crippen LogP contribution in [0.3, 0.4) is 0 Å². The summed E-state index contributed by atoms with van der Waals surface area (Å²) in [5.74, 6) is 0.879. The molecule has 0 aliphatic carbocycles. The van der Waals surface area contributed by atoms with E-state index in [1.54, 1.807) is 21.6 Å². The minimum absolute atomic E-state index is 0.0566. The molecular formula is C22H27N5O4. The average molecular weight is 425 g/mol. The van der Waals surface area contributed by atoms with Crippen LogP contribution in [0.4, 0.5) is 4.79 Å². The number of urea groups is 1. The van der Waals surface area contributed by atoms with Gasteiger partial charge in [0.05, 0.1) is 24.1 Å². The van der Waals surface area contributed by atoms with Crippen molar-refractivity contribution in [3.63, 3.8) is 0 Å². The lowest BCUT2D eigenvalue weighted by Gasteiger charge is -2.29. The molecule has 31 heavy (non-hydrogen) atoms. The highest BCUT2D eigenvalue weighted by molar-refractivity contribution is 5.91. The summed E-state index contributed by atoms with van der Waals surface area (Å²) in [6.45, 7) is 6.48. The second-order valence-corrected chi connectivity index (χ2v) is 9.08. The Bertz CT molecular complexity index is 1090. The first-order valence-corrected chi connectivity index (χ1v) is 10.9. The number of fused-ring (bicyclic) bond motifs is 3. The summed E-state index contributed by atoms with van der Waals surface area (Å²) >= 11 is 0. The molecule has 9 nitrogen and oxygen atoms in total. The van der Waals surface area contributed by atoms with Gasteiger partial charge in [-0.05, 0) is 38.8 Å². The predicted molar refractivity (Wildman–Crippen MR) is 112 cm³/mol. The molecule has 5 rings (SSSR count). The first kappa shape index (κ1) is 19.8. The molecule has 3 amide bonds. The number of nitrogens with one attached hydrogen (secondary N) is 1. The van der Waals surface area contributed by atoms with Gasteiger partial charge in [-0.15, -0.1) is 0 Å². The zero-order valence-corrected chi connectivity index (χ0v) is 17.9. The van der Waals surface area contributed by atoms with Crippen molar-refractivity contribution in [2.75, 3.05) is 19.6 Å². The van der Waals surface area contributed by atoms with Gasteiger partial charge in [-0.25, -0.2) is 9.78 Å². The molecular weight excluding hydrogens is 398 g/mol. The number of furan rings is 1. The fraction of sp³-hybridized carbons (Fsp3) is 0.545. The molecule has 1 N–H and O–H groups in total. The van der Waals surface area contributed by atoms with Gasteiger partial charge in [-0.1, -0.05) is 0 Å². The van der Waals surface area contributed by atoms with Crippen molar-refractivity contribution in [3.05, 3.63) is 51.6 Å². The summed E-state index contributed by atoms with van der Waals surface area (Å²) in [4.78, 5) is 46.9. The molecule has 2 aromatic rings. The third-order valence-electron chi connectivity index (χ3n) is 6.68. The number of nitrogens with zero attached hydrogens (tertiary/aromatic N) is 4. The van der Waals surface area contributed by atoms with Crippen LogP contribution in [0.5, 0.6) is 0 Å². The van der Waals surface area contributed by atoms with E-state index in [9.17, 15) is 14.4 Å². The third kappa shape index (κ3) is 3.23. The van der Waals surface area contributed by atoms with Crippen molar-refractivity contribution in [2.45, 2.75) is 57.7 Å². The number of amides is 3. The van der Waals surface area contributed by atoms with Gasteiger partial charge >= 0.3 is 6.03 Å². The molecule has 9 heteroatoms. The summed E-state index contributed by atoms with van der Waals surface area (Å²) in [6.07, 6.45) is 3.63. The van der Waals surface area contributed by atoms with Crippen LogP contribution in [0.2, 0.25) is 0 Å². The van der Waals surface area contributed by atoms with Crippen molar-refractivity contribution < 1.29 is 14.0 Å². The third-order valence-corrected chi connectivity index (χ3v) is 6.68. The normalized spacial score (nSPS) is 22.2. The predicted octanol–water partition coefficient (Wildman–Crippen LogP) is 1.50. The van der Waals surface area contributed by atoms with Gasteiger partial charge in [-0.2, -0.15) is 0 Å². The highest BCUT2D eigenvalue weighted by Gasteiger charge is 2.48. The zero-order chi connectivity index (χ0) is 21.8. The monoisotopic (exact) mass is 425 g/mol. The Morgan fingerprint density at radius 2 is 2.00 bits per heavy atom. The van der Waals surface area contributed by atoms with E-state index in [2.05, 4.69) is 5.32 Å². The van der Waals surface area contributed by atoms with Crippen LogP contribution in [0.15, 0.2) is 27.6 Å². The van der Waals surface area contributed by atoms with Crippen molar-refractivity contribution in [2.24, 2.45) is 0 Å². The van der Waals surface area contributed by atoms with E-state index in [1.807, 2.05) is 18.7 Å². The maximum Gasteiger partial charge on any atom is 0.317 e. The van der Waals surface area contributed by atoms with E-state index in [1.165, 1.54) is 6.26 Å². The summed E-state index contributed by atoms with van der Waals surface area (Å²) in [7, 11) is 0. The minimum Gasteiger partial charge on any atom is -0.459 e. The van der Waals surface area contributed by atoms with Crippen LogP contribution < -0.4 is 10.9 Å². The quantitative estimate of drug-likeness (QED) is 0.786. The Morgan fingerprint density at radius 3 is 2.74 bits per heavy atom. The Morgan fingerprint density at radius 1 is 1.19 bits per heavy atom. The van der Waals surface area contributed by atoms with E-state index < -0.39 is 0 Å². The van der Waals surface area contributed by atoms with Gasteiger partial charge in [0.15, 0.2) is 5.76 Å². The summed E-state index contributed by atoms with van der Waals surface area (Å²) in [5.41, 5.74) is 1.06. The van der Waals surface area contributed by atoms with Crippen LogP contribution in [0, 0.1) is 0 Å². The SMILES string of the molecule is CC(C)NC(=O)N1CC[C@]2(CCn3c2nc2c(c3=O)CN(C(=O)c3ccco3)CC2)C1. The number of carbonyl (C=O) groups excluding carboxylic acids is 2. The largest absolute Gasteiger partial charge is 0.459 e. The van der Waals surface area contributed by atoms with Crippen LogP contribution in [-0.4, -0.2) is 57.0 Å². The molecule has 1 saturated heterocycles. The van der Waals surface area contributed by atoms with Crippen molar-refractivity contribution in [3.8, 4) is 0 Å². The lowest BCUT2D eigenvalue weighted by molar-refractivity contribution is 0.0699. The maximum atomic E-state index is 13.3. The number of aromatic nitrogens is 2. The lowest BCUT2D eigenvalue weighted by Crippen LogP contribution is -2.44. The van der Waals surface area contributed by atoms with Gasteiger partial charge in [-0.3, -0.25) is 14.2 Å². The maximum absolute atomic E-state index is 13.3. The molecule has 0 aromatic carbocycles. The standard InChI is InChI=1S/C22H27N5O4/c1-14(2)23-21(30)26-9-6-22(13-26)7-10-27-18(28)15-12-25(8-5-16(15)24-20(22)27)19(29)17-4-3-11-31-17/h3-4,11,14H,5-10,12-13H2,1-2H3,(H,23,30)/t22-/m0/s1. The molecule has 1 fully saturated rings. The summed E-state index contributed by atoms with van der Waals surface area (Å²) in [5, 5.41) is 2.96. The Balaban J connectivity index is 1.41. The number of carbonyl (C=O) groups is 2. The highest BCUT2D eigenvalue weighted by Crippen LogP contribution is 2.41. The number of hydrogen-bond acceptors (Lipinski definition) is 5. The van der Waals surface area contributed by atoms with E-state index in [0.29, 0.717) is 38.2 Å². The first-order valence-electron chi connectivity index (χ1n) is 10.9. The van der Waals surface area contributed by atoms with Gasteiger partial charge in [0.1, 0.15) is 5.82 Å². The first-order chi connectivity index (χ1) is 14.9. The molecule has 0 unspecified atom stereocenters. The van der Waals surface area contributed by atoms with Crippen molar-refractivity contribution in [1.82, 2.24) is 24.7 Å². The van der Waals surface area contributed by atoms with Gasteiger partial charge in [0.25, 0.3) is 11.5 Å². The smallest absolute Gasteiger partial charge is 0.317 e. The molecule has 0 bridgehead atoms.